The van der Waals surface area contributed by atoms with Crippen LogP contribution in [0.2, 0.25) is 0 Å². The molecule has 1 amide bonds. The zero-order chi connectivity index (χ0) is 13.5. The molecule has 0 aliphatic rings. The number of amides is 1. The first-order valence-electron chi connectivity index (χ1n) is 4.83. The maximum absolute atomic E-state index is 11.0. The molecule has 7 heteroatoms. The standard InChI is InChI=1S/C11H10BrN3O3/c1-18-10-4-7(8(12)5-9(10)16)6-14-15-11(17)2-3-13/h4-6,16H,2H2,1H3,(H,15,17)/b14-6-. The summed E-state index contributed by atoms with van der Waals surface area (Å²) in [6.07, 6.45) is 1.12. The van der Waals surface area contributed by atoms with Crippen molar-refractivity contribution in [3.8, 4) is 17.6 Å². The molecule has 0 aliphatic heterocycles. The summed E-state index contributed by atoms with van der Waals surface area (Å²) >= 11 is 3.24. The highest BCUT2D eigenvalue weighted by atomic mass is 79.9. The number of nitrogens with one attached hydrogen (secondary N) is 1. The SMILES string of the molecule is COc1cc(/C=N\NC(=O)CC#N)c(Br)cc1O. The number of benzene rings is 1. The van der Waals surface area contributed by atoms with Crippen molar-refractivity contribution in [3.05, 3.63) is 22.2 Å². The van der Waals surface area contributed by atoms with Crippen LogP contribution >= 0.6 is 15.9 Å². The van der Waals surface area contributed by atoms with Crippen LogP contribution in [-0.4, -0.2) is 24.3 Å². The highest BCUT2D eigenvalue weighted by Gasteiger charge is 2.06. The van der Waals surface area contributed by atoms with E-state index in [-0.39, 0.29) is 12.2 Å². The monoisotopic (exact) mass is 311 g/mol. The minimum atomic E-state index is -0.490. The third kappa shape index (κ3) is 3.75. The predicted octanol–water partition coefficient (Wildman–Crippen LogP) is 1.53. The number of hydrogen-bond acceptors (Lipinski definition) is 5. The second-order valence-corrected chi connectivity index (χ2v) is 4.03. The number of aromatic hydroxyl groups is 1. The lowest BCUT2D eigenvalue weighted by molar-refractivity contribution is -0.120. The van der Waals surface area contributed by atoms with Gasteiger partial charge in [-0.3, -0.25) is 4.79 Å². The Balaban J connectivity index is 2.82. The number of nitrogens with zero attached hydrogens (tertiary/aromatic N) is 2. The van der Waals surface area contributed by atoms with Gasteiger partial charge in [0, 0.05) is 10.0 Å². The zero-order valence-electron chi connectivity index (χ0n) is 9.48. The van der Waals surface area contributed by atoms with Crippen LogP contribution in [0, 0.1) is 11.3 Å². The summed E-state index contributed by atoms with van der Waals surface area (Å²) in [5.74, 6) is -0.200. The number of ether oxygens (including phenoxy) is 1. The Morgan fingerprint density at radius 1 is 1.72 bits per heavy atom. The molecular weight excluding hydrogens is 302 g/mol. The number of phenolic OH excluding ortho intramolecular Hbond substituents is 1. The number of hydrogen-bond donors (Lipinski definition) is 2. The number of halogens is 1. The van der Waals surface area contributed by atoms with E-state index in [9.17, 15) is 9.90 Å². The highest BCUT2D eigenvalue weighted by Crippen LogP contribution is 2.31. The Bertz CT molecular complexity index is 523. The number of carbonyl (C=O) groups is 1. The lowest BCUT2D eigenvalue weighted by Gasteiger charge is -2.05. The minimum Gasteiger partial charge on any atom is -0.504 e. The highest BCUT2D eigenvalue weighted by molar-refractivity contribution is 9.10. The fourth-order valence-electron chi connectivity index (χ4n) is 1.11. The van der Waals surface area contributed by atoms with Crippen LogP contribution in [0.4, 0.5) is 0 Å². The lowest BCUT2D eigenvalue weighted by Crippen LogP contribution is -2.16. The van der Waals surface area contributed by atoms with Crippen molar-refractivity contribution in [2.75, 3.05) is 7.11 Å². The van der Waals surface area contributed by atoms with Gasteiger partial charge in [0.15, 0.2) is 11.5 Å². The third-order valence-electron chi connectivity index (χ3n) is 1.93. The van der Waals surface area contributed by atoms with Crippen molar-refractivity contribution in [1.82, 2.24) is 5.43 Å². The van der Waals surface area contributed by atoms with Gasteiger partial charge < -0.3 is 9.84 Å². The van der Waals surface area contributed by atoms with Crippen LogP contribution in [-0.2, 0) is 4.79 Å². The van der Waals surface area contributed by atoms with E-state index in [0.29, 0.717) is 15.8 Å². The Hall–Kier alpha value is -2.07. The largest absolute Gasteiger partial charge is 0.504 e. The molecule has 0 aliphatic carbocycles. The van der Waals surface area contributed by atoms with Gasteiger partial charge in [0.05, 0.1) is 19.4 Å². The number of nitriles is 1. The summed E-state index contributed by atoms with van der Waals surface area (Å²) in [5.41, 5.74) is 2.81. The molecule has 0 radical (unpaired) electrons. The second-order valence-electron chi connectivity index (χ2n) is 3.17. The van der Waals surface area contributed by atoms with Gasteiger partial charge in [-0.15, -0.1) is 0 Å². The van der Waals surface area contributed by atoms with Crippen molar-refractivity contribution in [1.29, 1.82) is 5.26 Å². The quantitative estimate of drug-likeness (QED) is 0.651. The maximum Gasteiger partial charge on any atom is 0.254 e. The molecule has 0 aromatic heterocycles. The summed E-state index contributed by atoms with van der Waals surface area (Å²) in [6, 6.07) is 4.72. The Labute approximate surface area is 112 Å². The molecule has 2 N–H and O–H groups in total. The molecular formula is C11H10BrN3O3. The van der Waals surface area contributed by atoms with Crippen molar-refractivity contribution in [2.45, 2.75) is 6.42 Å². The van der Waals surface area contributed by atoms with Gasteiger partial charge in [-0.1, -0.05) is 0 Å². The molecule has 0 saturated carbocycles. The molecule has 0 unspecified atom stereocenters. The van der Waals surface area contributed by atoms with Crippen molar-refractivity contribution in [2.24, 2.45) is 5.10 Å². The van der Waals surface area contributed by atoms with Gasteiger partial charge in [-0.05, 0) is 28.1 Å². The number of hydrazone groups is 1. The molecule has 18 heavy (non-hydrogen) atoms. The van der Waals surface area contributed by atoms with E-state index in [2.05, 4.69) is 26.5 Å². The van der Waals surface area contributed by atoms with Crippen LogP contribution < -0.4 is 10.2 Å². The Morgan fingerprint density at radius 3 is 3.06 bits per heavy atom. The number of carbonyl (C=O) groups excluding carboxylic acids is 1. The fourth-order valence-corrected chi connectivity index (χ4v) is 1.54. The molecule has 94 valence electrons. The topological polar surface area (TPSA) is 94.7 Å². The molecule has 6 nitrogen and oxygen atoms in total. The zero-order valence-corrected chi connectivity index (χ0v) is 11.1. The van der Waals surface area contributed by atoms with Gasteiger partial charge in [0.2, 0.25) is 0 Å². The molecule has 1 rings (SSSR count). The van der Waals surface area contributed by atoms with E-state index in [1.54, 1.807) is 12.1 Å². The van der Waals surface area contributed by atoms with Gasteiger partial charge >= 0.3 is 0 Å². The van der Waals surface area contributed by atoms with Crippen LogP contribution in [0.5, 0.6) is 11.5 Å². The van der Waals surface area contributed by atoms with E-state index in [0.717, 1.165) is 0 Å². The Morgan fingerprint density at radius 2 is 2.44 bits per heavy atom. The summed E-state index contributed by atoms with van der Waals surface area (Å²) in [7, 11) is 1.43. The molecule has 0 heterocycles. The van der Waals surface area contributed by atoms with Crippen LogP contribution in [0.3, 0.4) is 0 Å². The van der Waals surface area contributed by atoms with Crippen molar-refractivity contribution < 1.29 is 14.6 Å². The third-order valence-corrected chi connectivity index (χ3v) is 2.62. The van der Waals surface area contributed by atoms with E-state index < -0.39 is 5.91 Å². The molecule has 0 spiro atoms. The number of rotatable bonds is 4. The average Bonchev–Trinajstić information content (AvgIpc) is 2.32. The van der Waals surface area contributed by atoms with Gasteiger partial charge in [-0.2, -0.15) is 10.4 Å². The van der Waals surface area contributed by atoms with Gasteiger partial charge in [0.25, 0.3) is 5.91 Å². The summed E-state index contributed by atoms with van der Waals surface area (Å²) < 4.78 is 5.54. The van der Waals surface area contributed by atoms with Crippen molar-refractivity contribution in [3.63, 3.8) is 0 Å². The van der Waals surface area contributed by atoms with Crippen LogP contribution in [0.25, 0.3) is 0 Å². The fraction of sp³-hybridized carbons (Fsp3) is 0.182. The molecule has 0 bridgehead atoms. The first kappa shape index (κ1) is 14.0. The first-order valence-corrected chi connectivity index (χ1v) is 5.63. The van der Waals surface area contributed by atoms with Crippen molar-refractivity contribution >= 4 is 28.1 Å². The predicted molar refractivity (Wildman–Crippen MR) is 68.3 cm³/mol. The number of phenols is 1. The van der Waals surface area contributed by atoms with Gasteiger partial charge in [0.1, 0.15) is 6.42 Å². The normalized spacial score (nSPS) is 10.1. The first-order chi connectivity index (χ1) is 8.58. The van der Waals surface area contributed by atoms with Crippen LogP contribution in [0.15, 0.2) is 21.7 Å². The molecule has 0 saturated heterocycles. The second kappa shape index (κ2) is 6.61. The molecule has 1 aromatic carbocycles. The summed E-state index contributed by atoms with van der Waals surface area (Å²) in [6.45, 7) is 0. The molecule has 0 atom stereocenters. The smallest absolute Gasteiger partial charge is 0.254 e. The Kier molecular flexibility index (Phi) is 5.14. The maximum atomic E-state index is 11.0. The summed E-state index contributed by atoms with van der Waals surface area (Å²) in [4.78, 5) is 11.0. The van der Waals surface area contributed by atoms with E-state index in [1.165, 1.54) is 19.4 Å². The average molecular weight is 312 g/mol. The van der Waals surface area contributed by atoms with E-state index in [4.69, 9.17) is 10.00 Å². The minimum absolute atomic E-state index is 0.00459. The lowest BCUT2D eigenvalue weighted by atomic mass is 10.2. The molecule has 1 aromatic rings. The van der Waals surface area contributed by atoms with Crippen LogP contribution in [0.1, 0.15) is 12.0 Å². The van der Waals surface area contributed by atoms with E-state index >= 15 is 0 Å². The molecule has 0 fully saturated rings. The summed E-state index contributed by atoms with van der Waals surface area (Å²) in [5, 5.41) is 21.5. The van der Waals surface area contributed by atoms with Gasteiger partial charge in [-0.25, -0.2) is 5.43 Å². The van der Waals surface area contributed by atoms with E-state index in [1.807, 2.05) is 0 Å². The number of methoxy groups -OCH3 is 1.